The number of ether oxygens (including phenoxy) is 2. The first-order chi connectivity index (χ1) is 16.5. The van der Waals surface area contributed by atoms with Gasteiger partial charge in [0.25, 0.3) is 5.91 Å². The summed E-state index contributed by atoms with van der Waals surface area (Å²) in [5, 5.41) is 0. The van der Waals surface area contributed by atoms with Crippen molar-refractivity contribution in [1.82, 2.24) is 4.90 Å². The average Bonchev–Trinajstić information content (AvgIpc) is 3.12. The van der Waals surface area contributed by atoms with Crippen LogP contribution in [0.4, 0.5) is 0 Å². The molecular formula is C29H27NO4. The smallest absolute Gasteiger partial charge is 0.340 e. The van der Waals surface area contributed by atoms with Crippen LogP contribution in [0, 0.1) is 0 Å². The zero-order chi connectivity index (χ0) is 24.1. The van der Waals surface area contributed by atoms with E-state index in [2.05, 4.69) is 0 Å². The van der Waals surface area contributed by atoms with Crippen LogP contribution in [0.5, 0.6) is 5.75 Å². The van der Waals surface area contributed by atoms with Crippen LogP contribution in [-0.2, 0) is 20.9 Å². The Balaban J connectivity index is 1.59. The van der Waals surface area contributed by atoms with Crippen molar-refractivity contribution in [1.29, 1.82) is 0 Å². The van der Waals surface area contributed by atoms with Crippen LogP contribution in [0.3, 0.4) is 0 Å². The summed E-state index contributed by atoms with van der Waals surface area (Å²) < 4.78 is 10.9. The first-order valence-electron chi connectivity index (χ1n) is 11.2. The van der Waals surface area contributed by atoms with E-state index >= 15 is 0 Å². The molecule has 34 heavy (non-hydrogen) atoms. The molecule has 0 spiro atoms. The lowest BCUT2D eigenvalue weighted by Gasteiger charge is -2.26. The van der Waals surface area contributed by atoms with Crippen molar-refractivity contribution < 1.29 is 19.1 Å². The minimum absolute atomic E-state index is 0.223. The van der Waals surface area contributed by atoms with E-state index in [1.807, 2.05) is 91.9 Å². The molecule has 0 unspecified atom stereocenters. The number of amides is 1. The predicted octanol–water partition coefficient (Wildman–Crippen LogP) is 5.70. The van der Waals surface area contributed by atoms with Crippen LogP contribution in [0.15, 0.2) is 102 Å². The lowest BCUT2D eigenvalue weighted by molar-refractivity contribution is -0.136. The van der Waals surface area contributed by atoms with Crippen LogP contribution in [0.2, 0.25) is 0 Å². The highest BCUT2D eigenvalue weighted by Crippen LogP contribution is 2.37. The Labute approximate surface area is 199 Å². The fraction of sp³-hybridized carbons (Fsp3) is 0.172. The molecule has 1 aliphatic rings. The van der Waals surface area contributed by atoms with E-state index in [-0.39, 0.29) is 11.9 Å². The number of rotatable bonds is 7. The van der Waals surface area contributed by atoms with Crippen molar-refractivity contribution in [3.63, 3.8) is 0 Å². The lowest BCUT2D eigenvalue weighted by atomic mass is 10.0. The maximum absolute atomic E-state index is 13.5. The maximum Gasteiger partial charge on any atom is 0.340 e. The second kappa shape index (κ2) is 10.2. The van der Waals surface area contributed by atoms with Gasteiger partial charge in [-0.15, -0.1) is 0 Å². The summed E-state index contributed by atoms with van der Waals surface area (Å²) in [5.74, 6) is -0.0238. The van der Waals surface area contributed by atoms with Crippen LogP contribution in [0.1, 0.15) is 36.6 Å². The first kappa shape index (κ1) is 23.1. The Morgan fingerprint density at radius 3 is 2.18 bits per heavy atom. The van der Waals surface area contributed by atoms with E-state index in [0.717, 1.165) is 22.4 Å². The van der Waals surface area contributed by atoms with Gasteiger partial charge in [0.2, 0.25) is 0 Å². The van der Waals surface area contributed by atoms with Crippen LogP contribution in [-0.4, -0.2) is 23.9 Å². The Kier molecular flexibility index (Phi) is 6.93. The highest BCUT2D eigenvalue weighted by atomic mass is 16.5. The topological polar surface area (TPSA) is 55.8 Å². The van der Waals surface area contributed by atoms with Gasteiger partial charge in [-0.05, 0) is 48.7 Å². The Morgan fingerprint density at radius 1 is 0.941 bits per heavy atom. The molecule has 1 aliphatic heterocycles. The summed E-state index contributed by atoms with van der Waals surface area (Å²) in [5.41, 5.74) is 4.06. The molecular weight excluding hydrogens is 426 g/mol. The molecule has 0 aliphatic carbocycles. The standard InChI is InChI=1S/C29H27NO4/c1-20(24-12-8-5-9-13-24)30-21(2)27(29(32)33-3)26(28(30)31)18-22-14-16-25(17-15-22)34-19-23-10-6-4-7-11-23/h4-18,20H,19H2,1-3H3/b26-18-/t20-/m0/s1. The van der Waals surface area contributed by atoms with Gasteiger partial charge in [0.05, 0.1) is 24.3 Å². The minimum Gasteiger partial charge on any atom is -0.489 e. The minimum atomic E-state index is -0.525. The number of benzene rings is 3. The first-order valence-corrected chi connectivity index (χ1v) is 11.2. The number of carbonyl (C=O) groups excluding carboxylic acids is 2. The molecule has 3 aromatic rings. The third-order valence-electron chi connectivity index (χ3n) is 5.94. The molecule has 0 fully saturated rings. The number of hydrogen-bond donors (Lipinski definition) is 0. The predicted molar refractivity (Wildman–Crippen MR) is 132 cm³/mol. The van der Waals surface area contributed by atoms with Crippen LogP contribution < -0.4 is 4.74 Å². The number of esters is 1. The quantitative estimate of drug-likeness (QED) is 0.340. The molecule has 172 valence electrons. The summed E-state index contributed by atoms with van der Waals surface area (Å²) in [6.45, 7) is 4.21. The van der Waals surface area contributed by atoms with Crippen molar-refractivity contribution in [3.05, 3.63) is 118 Å². The molecule has 5 heteroatoms. The Hall–Kier alpha value is -4.12. The molecule has 1 atom stereocenters. The zero-order valence-electron chi connectivity index (χ0n) is 19.5. The molecule has 4 rings (SSSR count). The fourth-order valence-corrected chi connectivity index (χ4v) is 4.11. The summed E-state index contributed by atoms with van der Waals surface area (Å²) >= 11 is 0. The summed E-state index contributed by atoms with van der Waals surface area (Å²) in [4.78, 5) is 27.8. The molecule has 0 N–H and O–H groups in total. The van der Waals surface area contributed by atoms with Crippen molar-refractivity contribution >= 4 is 18.0 Å². The van der Waals surface area contributed by atoms with Crippen molar-refractivity contribution in [3.8, 4) is 5.75 Å². The zero-order valence-corrected chi connectivity index (χ0v) is 19.5. The highest BCUT2D eigenvalue weighted by Gasteiger charge is 2.39. The summed E-state index contributed by atoms with van der Waals surface area (Å²) in [6, 6.07) is 26.9. The number of nitrogens with zero attached hydrogens (tertiary/aromatic N) is 1. The van der Waals surface area contributed by atoms with Gasteiger partial charge < -0.3 is 14.4 Å². The van der Waals surface area contributed by atoms with E-state index < -0.39 is 5.97 Å². The van der Waals surface area contributed by atoms with Gasteiger partial charge in [0, 0.05) is 5.70 Å². The SMILES string of the molecule is COC(=O)C1=C(C)N([C@@H](C)c2ccccc2)C(=O)/C1=C\c1ccc(OCc2ccccc2)cc1. The summed E-state index contributed by atoms with van der Waals surface area (Å²) in [6.07, 6.45) is 1.73. The molecule has 3 aromatic carbocycles. The number of methoxy groups -OCH3 is 1. The molecule has 0 radical (unpaired) electrons. The number of carbonyl (C=O) groups is 2. The second-order valence-electron chi connectivity index (χ2n) is 8.12. The maximum atomic E-state index is 13.5. The van der Waals surface area contributed by atoms with Gasteiger partial charge in [-0.3, -0.25) is 4.79 Å². The van der Waals surface area contributed by atoms with Gasteiger partial charge >= 0.3 is 5.97 Å². The van der Waals surface area contributed by atoms with E-state index in [0.29, 0.717) is 23.5 Å². The third kappa shape index (κ3) is 4.79. The summed E-state index contributed by atoms with van der Waals surface area (Å²) in [7, 11) is 1.33. The highest BCUT2D eigenvalue weighted by molar-refractivity contribution is 6.16. The lowest BCUT2D eigenvalue weighted by Crippen LogP contribution is -2.28. The van der Waals surface area contributed by atoms with E-state index in [9.17, 15) is 9.59 Å². The van der Waals surface area contributed by atoms with Crippen LogP contribution in [0.25, 0.3) is 6.08 Å². The van der Waals surface area contributed by atoms with E-state index in [1.54, 1.807) is 17.9 Å². The van der Waals surface area contributed by atoms with Gasteiger partial charge in [-0.25, -0.2) is 4.79 Å². The van der Waals surface area contributed by atoms with Crippen LogP contribution >= 0.6 is 0 Å². The molecule has 0 saturated carbocycles. The van der Waals surface area contributed by atoms with Gasteiger partial charge in [-0.2, -0.15) is 0 Å². The molecule has 1 heterocycles. The number of allylic oxidation sites excluding steroid dienone is 1. The molecule has 0 saturated heterocycles. The second-order valence-corrected chi connectivity index (χ2v) is 8.12. The number of hydrogen-bond acceptors (Lipinski definition) is 4. The van der Waals surface area contributed by atoms with Crippen molar-refractivity contribution in [2.24, 2.45) is 0 Å². The molecule has 0 aromatic heterocycles. The Bertz CT molecular complexity index is 1230. The average molecular weight is 454 g/mol. The normalized spacial score (nSPS) is 15.6. The largest absolute Gasteiger partial charge is 0.489 e. The molecule has 1 amide bonds. The van der Waals surface area contributed by atoms with Gasteiger partial charge in [0.1, 0.15) is 12.4 Å². The van der Waals surface area contributed by atoms with Crippen molar-refractivity contribution in [2.75, 3.05) is 7.11 Å². The van der Waals surface area contributed by atoms with Gasteiger partial charge in [-0.1, -0.05) is 72.8 Å². The fourth-order valence-electron chi connectivity index (χ4n) is 4.11. The van der Waals surface area contributed by atoms with E-state index in [4.69, 9.17) is 9.47 Å². The monoisotopic (exact) mass is 453 g/mol. The van der Waals surface area contributed by atoms with Crippen molar-refractivity contribution in [2.45, 2.75) is 26.5 Å². The third-order valence-corrected chi connectivity index (χ3v) is 5.94. The molecule has 5 nitrogen and oxygen atoms in total. The molecule has 0 bridgehead atoms. The Morgan fingerprint density at radius 2 is 1.56 bits per heavy atom. The van der Waals surface area contributed by atoms with Gasteiger partial charge in [0.15, 0.2) is 0 Å². The van der Waals surface area contributed by atoms with E-state index in [1.165, 1.54) is 7.11 Å².